The quantitative estimate of drug-likeness (QED) is 0.894. The van der Waals surface area contributed by atoms with Crippen molar-refractivity contribution in [3.63, 3.8) is 0 Å². The number of amides is 2. The van der Waals surface area contributed by atoms with E-state index in [2.05, 4.69) is 0 Å². The number of likely N-dealkylation sites (tertiary alicyclic amines) is 1. The Morgan fingerprint density at radius 2 is 2.13 bits per heavy atom. The number of hydrogen-bond acceptors (Lipinski definition) is 4. The van der Waals surface area contributed by atoms with Gasteiger partial charge in [-0.2, -0.15) is 0 Å². The summed E-state index contributed by atoms with van der Waals surface area (Å²) in [6.07, 6.45) is 2.66. The lowest BCUT2D eigenvalue weighted by molar-refractivity contribution is -0.136. The van der Waals surface area contributed by atoms with E-state index in [0.717, 1.165) is 18.4 Å². The summed E-state index contributed by atoms with van der Waals surface area (Å²) in [5.41, 5.74) is 6.91. The average Bonchev–Trinajstić information content (AvgIpc) is 2.95. The summed E-state index contributed by atoms with van der Waals surface area (Å²) < 4.78 is 5.65. The molecule has 1 unspecified atom stereocenters. The first-order valence-corrected chi connectivity index (χ1v) is 7.91. The largest absolute Gasteiger partial charge is 0.483 e. The van der Waals surface area contributed by atoms with Crippen LogP contribution in [0.1, 0.15) is 35.2 Å². The van der Waals surface area contributed by atoms with Crippen LogP contribution in [0.25, 0.3) is 0 Å². The third-order valence-electron chi connectivity index (χ3n) is 4.56. The number of ketones is 1. The van der Waals surface area contributed by atoms with Crippen molar-refractivity contribution < 1.29 is 19.1 Å². The van der Waals surface area contributed by atoms with E-state index in [-0.39, 0.29) is 30.1 Å². The minimum Gasteiger partial charge on any atom is -0.483 e. The van der Waals surface area contributed by atoms with Crippen molar-refractivity contribution in [1.29, 1.82) is 0 Å². The van der Waals surface area contributed by atoms with Gasteiger partial charge < -0.3 is 15.4 Å². The molecule has 1 aromatic carbocycles. The maximum atomic E-state index is 12.3. The molecule has 0 saturated carbocycles. The molecule has 0 aromatic heterocycles. The van der Waals surface area contributed by atoms with Crippen LogP contribution in [-0.2, 0) is 16.0 Å². The predicted octanol–water partition coefficient (Wildman–Crippen LogP) is 0.918. The minimum absolute atomic E-state index is 0.0872. The standard InChI is InChI=1S/C17H20N2O4/c18-17(22)11-3-2-8-19(9-11)16(21)10-23-15-5-1-4-12-13(15)6-7-14(12)20/h1,4-5,11H,2-3,6-10H2,(H2,18,22). The number of carbonyl (C=O) groups is 3. The predicted molar refractivity (Wildman–Crippen MR) is 83.1 cm³/mol. The Kier molecular flexibility index (Phi) is 4.32. The lowest BCUT2D eigenvalue weighted by atomic mass is 9.97. The molecular formula is C17H20N2O4. The van der Waals surface area contributed by atoms with Gasteiger partial charge in [0, 0.05) is 30.6 Å². The van der Waals surface area contributed by atoms with Gasteiger partial charge in [0.05, 0.1) is 5.92 Å². The summed E-state index contributed by atoms with van der Waals surface area (Å²) in [5, 5.41) is 0. The van der Waals surface area contributed by atoms with E-state index in [9.17, 15) is 14.4 Å². The first-order valence-electron chi connectivity index (χ1n) is 7.91. The van der Waals surface area contributed by atoms with Gasteiger partial charge in [0.25, 0.3) is 5.91 Å². The number of hydrogen-bond donors (Lipinski definition) is 1. The van der Waals surface area contributed by atoms with E-state index in [1.54, 1.807) is 23.1 Å². The van der Waals surface area contributed by atoms with Crippen LogP contribution < -0.4 is 10.5 Å². The van der Waals surface area contributed by atoms with Gasteiger partial charge in [0.1, 0.15) is 5.75 Å². The Morgan fingerprint density at radius 1 is 1.30 bits per heavy atom. The molecule has 1 fully saturated rings. The number of primary amides is 1. The molecule has 1 atom stereocenters. The monoisotopic (exact) mass is 316 g/mol. The third kappa shape index (κ3) is 3.21. The van der Waals surface area contributed by atoms with E-state index in [1.807, 2.05) is 0 Å². The van der Waals surface area contributed by atoms with Crippen molar-refractivity contribution in [3.8, 4) is 5.75 Å². The highest BCUT2D eigenvalue weighted by molar-refractivity contribution is 6.01. The molecule has 3 rings (SSSR count). The van der Waals surface area contributed by atoms with Gasteiger partial charge >= 0.3 is 0 Å². The number of Topliss-reactive ketones (excluding diaryl/α,β-unsaturated/α-hetero) is 1. The Hall–Kier alpha value is -2.37. The topological polar surface area (TPSA) is 89.7 Å². The van der Waals surface area contributed by atoms with Crippen LogP contribution >= 0.6 is 0 Å². The fourth-order valence-electron chi connectivity index (χ4n) is 3.26. The zero-order valence-corrected chi connectivity index (χ0v) is 12.9. The highest BCUT2D eigenvalue weighted by Gasteiger charge is 2.28. The normalized spacial score (nSPS) is 20.3. The van der Waals surface area contributed by atoms with E-state index in [4.69, 9.17) is 10.5 Å². The molecule has 2 N–H and O–H groups in total. The number of rotatable bonds is 4. The Bertz CT molecular complexity index is 656. The van der Waals surface area contributed by atoms with Crippen LogP contribution in [0.3, 0.4) is 0 Å². The highest BCUT2D eigenvalue weighted by Crippen LogP contribution is 2.30. The number of benzene rings is 1. The van der Waals surface area contributed by atoms with Crippen LogP contribution in [-0.4, -0.2) is 42.2 Å². The summed E-state index contributed by atoms with van der Waals surface area (Å²) >= 11 is 0. The van der Waals surface area contributed by atoms with Gasteiger partial charge in [-0.15, -0.1) is 0 Å². The number of fused-ring (bicyclic) bond motifs is 1. The maximum absolute atomic E-state index is 12.3. The van der Waals surface area contributed by atoms with Crippen molar-refractivity contribution >= 4 is 17.6 Å². The van der Waals surface area contributed by atoms with Gasteiger partial charge in [-0.1, -0.05) is 12.1 Å². The molecule has 1 heterocycles. The molecule has 0 radical (unpaired) electrons. The lowest BCUT2D eigenvalue weighted by Crippen LogP contribution is -2.45. The van der Waals surface area contributed by atoms with Gasteiger partial charge in [-0.05, 0) is 25.3 Å². The first-order chi connectivity index (χ1) is 11.1. The van der Waals surface area contributed by atoms with Crippen LogP contribution in [0.5, 0.6) is 5.75 Å². The lowest BCUT2D eigenvalue weighted by Gasteiger charge is -2.31. The average molecular weight is 316 g/mol. The van der Waals surface area contributed by atoms with Crippen LogP contribution in [0.4, 0.5) is 0 Å². The van der Waals surface area contributed by atoms with Crippen LogP contribution in [0.15, 0.2) is 18.2 Å². The summed E-state index contributed by atoms with van der Waals surface area (Å²) in [4.78, 5) is 36.9. The molecule has 2 aliphatic rings. The molecule has 23 heavy (non-hydrogen) atoms. The Morgan fingerprint density at radius 3 is 2.91 bits per heavy atom. The Labute approximate surface area is 134 Å². The maximum Gasteiger partial charge on any atom is 0.260 e. The number of nitrogens with zero attached hydrogens (tertiary/aromatic N) is 1. The summed E-state index contributed by atoms with van der Waals surface area (Å²) in [6.45, 7) is 0.899. The number of nitrogens with two attached hydrogens (primary N) is 1. The van der Waals surface area contributed by atoms with Crippen molar-refractivity contribution in [3.05, 3.63) is 29.3 Å². The zero-order chi connectivity index (χ0) is 16.4. The van der Waals surface area contributed by atoms with E-state index in [0.29, 0.717) is 37.2 Å². The molecule has 2 amide bonds. The van der Waals surface area contributed by atoms with E-state index < -0.39 is 0 Å². The molecule has 6 nitrogen and oxygen atoms in total. The second-order valence-electron chi connectivity index (χ2n) is 6.08. The zero-order valence-electron chi connectivity index (χ0n) is 12.9. The second-order valence-corrected chi connectivity index (χ2v) is 6.08. The SMILES string of the molecule is NC(=O)C1CCCN(C(=O)COc2cccc3c2CCC3=O)C1. The van der Waals surface area contributed by atoms with Crippen LogP contribution in [0.2, 0.25) is 0 Å². The Balaban J connectivity index is 1.62. The molecular weight excluding hydrogens is 296 g/mol. The number of carbonyl (C=O) groups excluding carboxylic acids is 3. The smallest absolute Gasteiger partial charge is 0.260 e. The summed E-state index contributed by atoms with van der Waals surface area (Å²) in [5.74, 6) is -0.0609. The van der Waals surface area contributed by atoms with Crippen molar-refractivity contribution in [2.75, 3.05) is 19.7 Å². The number of ether oxygens (including phenoxy) is 1. The molecule has 1 aliphatic heterocycles. The van der Waals surface area contributed by atoms with Crippen LogP contribution in [0, 0.1) is 5.92 Å². The molecule has 0 bridgehead atoms. The minimum atomic E-state index is -0.359. The fraction of sp³-hybridized carbons (Fsp3) is 0.471. The van der Waals surface area contributed by atoms with Crippen molar-refractivity contribution in [1.82, 2.24) is 4.90 Å². The van der Waals surface area contributed by atoms with E-state index >= 15 is 0 Å². The highest BCUT2D eigenvalue weighted by atomic mass is 16.5. The molecule has 6 heteroatoms. The van der Waals surface area contributed by atoms with Crippen molar-refractivity contribution in [2.45, 2.75) is 25.7 Å². The van der Waals surface area contributed by atoms with Gasteiger partial charge in [0.2, 0.25) is 5.91 Å². The molecule has 122 valence electrons. The molecule has 1 aromatic rings. The van der Waals surface area contributed by atoms with Gasteiger partial charge in [-0.25, -0.2) is 0 Å². The second kappa shape index (κ2) is 6.40. The van der Waals surface area contributed by atoms with Gasteiger partial charge in [-0.3, -0.25) is 14.4 Å². The first kappa shape index (κ1) is 15.5. The molecule has 0 spiro atoms. The third-order valence-corrected chi connectivity index (χ3v) is 4.56. The fourth-order valence-corrected chi connectivity index (χ4v) is 3.26. The van der Waals surface area contributed by atoms with E-state index in [1.165, 1.54) is 0 Å². The van der Waals surface area contributed by atoms with Gasteiger partial charge in [0.15, 0.2) is 12.4 Å². The van der Waals surface area contributed by atoms with Crippen molar-refractivity contribution in [2.24, 2.45) is 11.7 Å². The number of piperidine rings is 1. The summed E-state index contributed by atoms with van der Waals surface area (Å²) in [7, 11) is 0. The summed E-state index contributed by atoms with van der Waals surface area (Å²) in [6, 6.07) is 5.35. The molecule has 1 saturated heterocycles. The molecule has 1 aliphatic carbocycles.